The number of hydrazone groups is 1. The molecule has 1 N–H and O–H groups in total. The lowest BCUT2D eigenvalue weighted by atomic mass is 10.0. The van der Waals surface area contributed by atoms with Crippen LogP contribution in [0.1, 0.15) is 23.7 Å². The monoisotopic (exact) mass is 371 g/mol. The molecular formula is C23H18ClN3. The summed E-state index contributed by atoms with van der Waals surface area (Å²) in [6.07, 6.45) is 0.797. The molecule has 1 atom stereocenters. The molecule has 4 aromatic rings. The molecule has 5 rings (SSSR count). The number of benzene rings is 3. The molecule has 0 fully saturated rings. The highest BCUT2D eigenvalue weighted by atomic mass is 35.5. The minimum absolute atomic E-state index is 0.0301. The first-order chi connectivity index (χ1) is 13.3. The average molecular weight is 372 g/mol. The van der Waals surface area contributed by atoms with Gasteiger partial charge in [0.15, 0.2) is 0 Å². The zero-order chi connectivity index (χ0) is 18.2. The quantitative estimate of drug-likeness (QED) is 0.458. The van der Waals surface area contributed by atoms with Crippen molar-refractivity contribution in [3.8, 4) is 0 Å². The van der Waals surface area contributed by atoms with Crippen LogP contribution in [0.25, 0.3) is 10.9 Å². The third-order valence-electron chi connectivity index (χ3n) is 5.04. The number of para-hydroxylation sites is 2. The Kier molecular flexibility index (Phi) is 3.95. The Morgan fingerprint density at radius 1 is 0.852 bits per heavy atom. The van der Waals surface area contributed by atoms with Crippen LogP contribution in [0.5, 0.6) is 0 Å². The Morgan fingerprint density at radius 3 is 2.26 bits per heavy atom. The van der Waals surface area contributed by atoms with Gasteiger partial charge in [-0.3, -0.25) is 5.01 Å². The van der Waals surface area contributed by atoms with Crippen molar-refractivity contribution in [1.82, 2.24) is 4.98 Å². The molecule has 3 nitrogen and oxygen atoms in total. The van der Waals surface area contributed by atoms with E-state index in [0.717, 1.165) is 45.0 Å². The van der Waals surface area contributed by atoms with E-state index in [1.807, 2.05) is 48.5 Å². The van der Waals surface area contributed by atoms with E-state index in [9.17, 15) is 0 Å². The molecule has 0 spiro atoms. The zero-order valence-electron chi connectivity index (χ0n) is 14.6. The number of hydrogen-bond acceptors (Lipinski definition) is 2. The molecule has 0 saturated heterocycles. The number of nitrogens with one attached hydrogen (secondary N) is 1. The summed E-state index contributed by atoms with van der Waals surface area (Å²) in [6.45, 7) is 0. The standard InChI is InChI=1S/C23H18ClN3/c24-22-18-13-7-8-14-19(18)25-23(22)21-15-20(16-9-3-1-4-10-16)26-27(21)17-11-5-2-6-12-17/h1-14,21,25H,15H2. The van der Waals surface area contributed by atoms with Crippen LogP contribution in [0.4, 0.5) is 5.69 Å². The van der Waals surface area contributed by atoms with Gasteiger partial charge >= 0.3 is 0 Å². The molecule has 2 heterocycles. The molecule has 3 aromatic carbocycles. The number of rotatable bonds is 3. The van der Waals surface area contributed by atoms with E-state index >= 15 is 0 Å². The lowest BCUT2D eigenvalue weighted by Crippen LogP contribution is -2.19. The van der Waals surface area contributed by atoms with Gasteiger partial charge in [0.25, 0.3) is 0 Å². The highest BCUT2D eigenvalue weighted by molar-refractivity contribution is 6.36. The second-order valence-corrected chi connectivity index (χ2v) is 7.09. The van der Waals surface area contributed by atoms with E-state index in [1.165, 1.54) is 0 Å². The fourth-order valence-corrected chi connectivity index (χ4v) is 4.06. The topological polar surface area (TPSA) is 31.4 Å². The van der Waals surface area contributed by atoms with Crippen molar-refractivity contribution >= 4 is 33.9 Å². The average Bonchev–Trinajstić information content (AvgIpc) is 3.31. The van der Waals surface area contributed by atoms with Gasteiger partial charge in [0.05, 0.1) is 28.2 Å². The van der Waals surface area contributed by atoms with Crippen LogP contribution in [-0.4, -0.2) is 10.7 Å². The second-order valence-electron chi connectivity index (χ2n) is 6.71. The van der Waals surface area contributed by atoms with Crippen LogP contribution in [0.15, 0.2) is 90.0 Å². The highest BCUT2D eigenvalue weighted by Gasteiger charge is 2.32. The SMILES string of the molecule is Clc1c(C2CC(c3ccccc3)=NN2c2ccccc2)[nH]c2ccccc12. The lowest BCUT2D eigenvalue weighted by molar-refractivity contribution is 0.693. The first kappa shape index (κ1) is 16.2. The predicted molar refractivity (Wildman–Crippen MR) is 113 cm³/mol. The van der Waals surface area contributed by atoms with Gasteiger partial charge in [-0.05, 0) is 23.8 Å². The summed E-state index contributed by atoms with van der Waals surface area (Å²) in [4.78, 5) is 3.53. The Balaban J connectivity index is 1.63. The van der Waals surface area contributed by atoms with Gasteiger partial charge in [0, 0.05) is 17.3 Å². The molecule has 0 bridgehead atoms. The van der Waals surface area contributed by atoms with Crippen molar-refractivity contribution in [3.63, 3.8) is 0 Å². The van der Waals surface area contributed by atoms with Gasteiger partial charge in [-0.1, -0.05) is 78.3 Å². The summed E-state index contributed by atoms with van der Waals surface area (Å²) in [6, 6.07) is 28.8. The third-order valence-corrected chi connectivity index (χ3v) is 5.45. The maximum absolute atomic E-state index is 6.77. The molecule has 1 unspecified atom stereocenters. The number of hydrogen-bond donors (Lipinski definition) is 1. The number of nitrogens with zero attached hydrogens (tertiary/aromatic N) is 2. The first-order valence-corrected chi connectivity index (χ1v) is 9.42. The number of aromatic nitrogens is 1. The maximum atomic E-state index is 6.77. The summed E-state index contributed by atoms with van der Waals surface area (Å²) >= 11 is 6.77. The Labute approximate surface area is 162 Å². The van der Waals surface area contributed by atoms with Crippen LogP contribution >= 0.6 is 11.6 Å². The van der Waals surface area contributed by atoms with Gasteiger partial charge in [-0.2, -0.15) is 5.10 Å². The van der Waals surface area contributed by atoms with Crippen molar-refractivity contribution in [2.45, 2.75) is 12.5 Å². The molecule has 0 amide bonds. The van der Waals surface area contributed by atoms with Crippen molar-refractivity contribution in [3.05, 3.63) is 101 Å². The van der Waals surface area contributed by atoms with Gasteiger partial charge in [-0.25, -0.2) is 0 Å². The van der Waals surface area contributed by atoms with E-state index < -0.39 is 0 Å². The summed E-state index contributed by atoms with van der Waals surface area (Å²) < 4.78 is 0. The molecule has 4 heteroatoms. The van der Waals surface area contributed by atoms with Crippen molar-refractivity contribution < 1.29 is 0 Å². The van der Waals surface area contributed by atoms with Crippen LogP contribution < -0.4 is 5.01 Å². The molecular weight excluding hydrogens is 354 g/mol. The summed E-state index contributed by atoms with van der Waals surface area (Å²) in [7, 11) is 0. The van der Waals surface area contributed by atoms with E-state index in [4.69, 9.17) is 16.7 Å². The number of H-pyrrole nitrogens is 1. The van der Waals surface area contributed by atoms with E-state index in [-0.39, 0.29) is 6.04 Å². The molecule has 1 aromatic heterocycles. The second kappa shape index (κ2) is 6.60. The Hall–Kier alpha value is -3.04. The van der Waals surface area contributed by atoms with Crippen LogP contribution in [0.2, 0.25) is 5.02 Å². The van der Waals surface area contributed by atoms with Crippen LogP contribution in [0.3, 0.4) is 0 Å². The predicted octanol–water partition coefficient (Wildman–Crippen LogP) is 6.18. The molecule has 0 aliphatic carbocycles. The fraction of sp³-hybridized carbons (Fsp3) is 0.0870. The van der Waals surface area contributed by atoms with E-state index in [2.05, 4.69) is 46.4 Å². The van der Waals surface area contributed by atoms with Gasteiger partial charge in [0.1, 0.15) is 0 Å². The smallest absolute Gasteiger partial charge is 0.0995 e. The number of fused-ring (bicyclic) bond motifs is 1. The van der Waals surface area contributed by atoms with E-state index in [0.29, 0.717) is 0 Å². The van der Waals surface area contributed by atoms with Gasteiger partial charge in [-0.15, -0.1) is 0 Å². The number of aromatic amines is 1. The molecule has 0 saturated carbocycles. The first-order valence-electron chi connectivity index (χ1n) is 9.04. The molecule has 1 aliphatic heterocycles. The molecule has 0 radical (unpaired) electrons. The van der Waals surface area contributed by atoms with E-state index in [1.54, 1.807) is 0 Å². The number of anilines is 1. The molecule has 132 valence electrons. The van der Waals surface area contributed by atoms with Crippen molar-refractivity contribution in [2.75, 3.05) is 5.01 Å². The minimum Gasteiger partial charge on any atom is -0.355 e. The summed E-state index contributed by atoms with van der Waals surface area (Å²) in [5, 5.41) is 8.88. The summed E-state index contributed by atoms with van der Waals surface area (Å²) in [5.74, 6) is 0. The largest absolute Gasteiger partial charge is 0.355 e. The Morgan fingerprint density at radius 2 is 1.52 bits per heavy atom. The highest BCUT2D eigenvalue weighted by Crippen LogP contribution is 2.41. The van der Waals surface area contributed by atoms with Crippen molar-refractivity contribution in [2.24, 2.45) is 5.10 Å². The third kappa shape index (κ3) is 2.81. The van der Waals surface area contributed by atoms with Gasteiger partial charge in [0.2, 0.25) is 0 Å². The maximum Gasteiger partial charge on any atom is 0.0995 e. The van der Waals surface area contributed by atoms with Crippen molar-refractivity contribution in [1.29, 1.82) is 0 Å². The normalized spacial score (nSPS) is 16.7. The van der Waals surface area contributed by atoms with Crippen LogP contribution in [0, 0.1) is 0 Å². The summed E-state index contributed by atoms with van der Waals surface area (Å²) in [5.41, 5.74) is 5.34. The van der Waals surface area contributed by atoms with Crippen LogP contribution in [-0.2, 0) is 0 Å². The molecule has 1 aliphatic rings. The Bertz CT molecular complexity index is 1120. The van der Waals surface area contributed by atoms with Gasteiger partial charge < -0.3 is 4.98 Å². The number of halogens is 1. The lowest BCUT2D eigenvalue weighted by Gasteiger charge is -2.23. The minimum atomic E-state index is 0.0301. The fourth-order valence-electron chi connectivity index (χ4n) is 3.72. The molecule has 27 heavy (non-hydrogen) atoms. The zero-order valence-corrected chi connectivity index (χ0v) is 15.4.